The predicted octanol–water partition coefficient (Wildman–Crippen LogP) is -0.323. The molecule has 0 aromatic heterocycles. The Bertz CT molecular complexity index is 254. The molecule has 4 N–H and O–H groups in total. The Morgan fingerprint density at radius 3 is 2.87 bits per heavy atom. The van der Waals surface area contributed by atoms with Gasteiger partial charge in [0.1, 0.15) is 6.04 Å². The lowest BCUT2D eigenvalue weighted by Crippen LogP contribution is -2.30. The van der Waals surface area contributed by atoms with Crippen molar-refractivity contribution in [3.05, 3.63) is 0 Å². The van der Waals surface area contributed by atoms with E-state index < -0.39 is 12.0 Å². The first-order valence-electron chi connectivity index (χ1n) is 4.36. The molecule has 0 saturated carbocycles. The molecule has 7 nitrogen and oxygen atoms in total. The Balaban J connectivity index is 3.81. The Kier molecular flexibility index (Phi) is 6.23. The number of hydroxylamine groups is 2. The molecule has 0 heterocycles. The lowest BCUT2D eigenvalue weighted by atomic mass is 10.2. The van der Waals surface area contributed by atoms with E-state index in [0.717, 1.165) is 0 Å². The van der Waals surface area contributed by atoms with Crippen molar-refractivity contribution >= 4 is 18.1 Å². The smallest absolute Gasteiger partial charge is 0.320 e. The quantitative estimate of drug-likeness (QED) is 0.331. The highest BCUT2D eigenvalue weighted by Gasteiger charge is 2.09. The van der Waals surface area contributed by atoms with Crippen molar-refractivity contribution in [1.29, 1.82) is 5.41 Å². The fourth-order valence-electron chi connectivity index (χ4n) is 0.696. The van der Waals surface area contributed by atoms with E-state index in [4.69, 9.17) is 21.1 Å². The summed E-state index contributed by atoms with van der Waals surface area (Å²) in [6.07, 6.45) is 2.15. The monoisotopic (exact) mass is 216 g/mol. The number of carbonyl (C=O) groups is 1. The number of rotatable bonds is 5. The van der Waals surface area contributed by atoms with Gasteiger partial charge >= 0.3 is 5.97 Å². The first kappa shape index (κ1) is 13.5. The van der Waals surface area contributed by atoms with Crippen molar-refractivity contribution in [2.45, 2.75) is 18.9 Å². The van der Waals surface area contributed by atoms with E-state index in [1.54, 1.807) is 7.05 Å². The summed E-state index contributed by atoms with van der Waals surface area (Å²) in [7, 11) is 2.97. The van der Waals surface area contributed by atoms with Crippen LogP contribution in [0.1, 0.15) is 12.8 Å². The van der Waals surface area contributed by atoms with E-state index in [9.17, 15) is 4.79 Å². The number of aliphatic carboxylic acids is 1. The van der Waals surface area contributed by atoms with Gasteiger partial charge in [-0.2, -0.15) is 0 Å². The minimum absolute atomic E-state index is 0.0543. The first-order valence-corrected chi connectivity index (χ1v) is 4.36. The van der Waals surface area contributed by atoms with Crippen LogP contribution in [-0.4, -0.2) is 48.5 Å². The third-order valence-electron chi connectivity index (χ3n) is 1.71. The van der Waals surface area contributed by atoms with Crippen LogP contribution in [0.2, 0.25) is 0 Å². The van der Waals surface area contributed by atoms with Crippen LogP contribution < -0.4 is 5.73 Å². The van der Waals surface area contributed by atoms with Crippen molar-refractivity contribution in [3.8, 4) is 0 Å². The normalized spacial score (nSPS) is 12.7. The predicted molar refractivity (Wildman–Crippen MR) is 55.8 cm³/mol. The summed E-state index contributed by atoms with van der Waals surface area (Å²) in [6, 6.07) is -0.884. The van der Waals surface area contributed by atoms with Gasteiger partial charge in [0.15, 0.2) is 0 Å². The maximum Gasteiger partial charge on any atom is 0.320 e. The largest absolute Gasteiger partial charge is 0.480 e. The number of hydrogen-bond donors (Lipinski definition) is 3. The van der Waals surface area contributed by atoms with Gasteiger partial charge in [0.05, 0.1) is 7.11 Å². The van der Waals surface area contributed by atoms with E-state index in [-0.39, 0.29) is 5.96 Å². The number of nitrogens with one attached hydrogen (secondary N) is 1. The number of carboxylic acid groups (broad SMARTS) is 1. The van der Waals surface area contributed by atoms with Crippen LogP contribution in [0.3, 0.4) is 0 Å². The summed E-state index contributed by atoms with van der Waals surface area (Å²) < 4.78 is 0. The number of nitrogens with zero attached hydrogens (tertiary/aromatic N) is 2. The van der Waals surface area contributed by atoms with Gasteiger partial charge in [-0.05, 0) is 12.8 Å². The van der Waals surface area contributed by atoms with Crippen molar-refractivity contribution < 1.29 is 14.7 Å². The third-order valence-corrected chi connectivity index (χ3v) is 1.71. The highest BCUT2D eigenvalue weighted by atomic mass is 16.7. The van der Waals surface area contributed by atoms with Gasteiger partial charge in [0.25, 0.3) is 0 Å². The molecular weight excluding hydrogens is 200 g/mol. The van der Waals surface area contributed by atoms with Gasteiger partial charge in [0, 0.05) is 13.3 Å². The maximum absolute atomic E-state index is 10.3. The molecule has 0 saturated heterocycles. The molecule has 0 amide bonds. The number of carboxylic acids is 1. The lowest BCUT2D eigenvalue weighted by molar-refractivity contribution is -0.138. The molecule has 0 aliphatic heterocycles. The highest BCUT2D eigenvalue weighted by Crippen LogP contribution is 1.93. The molecule has 15 heavy (non-hydrogen) atoms. The molecule has 0 rings (SSSR count). The fourth-order valence-corrected chi connectivity index (χ4v) is 0.696. The molecule has 1 atom stereocenters. The number of aliphatic imine (C=N–C) groups is 1. The van der Waals surface area contributed by atoms with E-state index in [1.807, 2.05) is 0 Å². The van der Waals surface area contributed by atoms with Crippen LogP contribution in [0.25, 0.3) is 0 Å². The van der Waals surface area contributed by atoms with Gasteiger partial charge in [-0.3, -0.25) is 15.0 Å². The topological polar surface area (TPSA) is 112 Å². The zero-order valence-electron chi connectivity index (χ0n) is 8.80. The summed E-state index contributed by atoms with van der Waals surface area (Å²) >= 11 is 0. The average molecular weight is 216 g/mol. The molecule has 0 radical (unpaired) electrons. The van der Waals surface area contributed by atoms with Crippen LogP contribution >= 0.6 is 0 Å². The van der Waals surface area contributed by atoms with E-state index in [2.05, 4.69) is 4.99 Å². The molecule has 86 valence electrons. The first-order chi connectivity index (χ1) is 6.99. The molecule has 0 fully saturated rings. The second-order valence-corrected chi connectivity index (χ2v) is 2.84. The zero-order valence-corrected chi connectivity index (χ0v) is 8.80. The van der Waals surface area contributed by atoms with Crippen LogP contribution in [-0.2, 0) is 9.63 Å². The molecule has 7 heteroatoms. The number of guanidine groups is 1. The molecule has 0 aliphatic carbocycles. The summed E-state index contributed by atoms with van der Waals surface area (Å²) in [4.78, 5) is 18.8. The van der Waals surface area contributed by atoms with Gasteiger partial charge in [0.2, 0.25) is 5.96 Å². The third kappa shape index (κ3) is 5.76. The molecular formula is C8H16N4O3. The Hall–Kier alpha value is -1.47. The van der Waals surface area contributed by atoms with Crippen molar-refractivity contribution in [2.75, 3.05) is 14.2 Å². The van der Waals surface area contributed by atoms with E-state index >= 15 is 0 Å². The van der Waals surface area contributed by atoms with Crippen molar-refractivity contribution in [3.63, 3.8) is 0 Å². The van der Waals surface area contributed by atoms with Gasteiger partial charge in [-0.15, -0.1) is 0 Å². The summed E-state index contributed by atoms with van der Waals surface area (Å²) in [5.41, 5.74) is 5.27. The molecule has 0 aliphatic rings. The summed E-state index contributed by atoms with van der Waals surface area (Å²) in [5, 5.41) is 17.0. The van der Waals surface area contributed by atoms with Gasteiger partial charge in [-0.25, -0.2) is 10.1 Å². The molecule has 0 unspecified atom stereocenters. The zero-order chi connectivity index (χ0) is 11.8. The maximum atomic E-state index is 10.3. The summed E-state index contributed by atoms with van der Waals surface area (Å²) in [6.45, 7) is 0. The van der Waals surface area contributed by atoms with Crippen LogP contribution in [0, 0.1) is 5.41 Å². The second kappa shape index (κ2) is 6.91. The van der Waals surface area contributed by atoms with Crippen molar-refractivity contribution in [2.24, 2.45) is 10.7 Å². The summed E-state index contributed by atoms with van der Waals surface area (Å²) in [5.74, 6) is -1.09. The SMILES string of the molecule is CON(C)C(=N)/N=C/CC[C@H](N)C(=O)O. The lowest BCUT2D eigenvalue weighted by Gasteiger charge is -2.11. The van der Waals surface area contributed by atoms with Gasteiger partial charge in [-0.1, -0.05) is 0 Å². The molecule has 0 aromatic rings. The Morgan fingerprint density at radius 2 is 2.40 bits per heavy atom. The Labute approximate surface area is 88.0 Å². The molecule has 0 bridgehead atoms. The van der Waals surface area contributed by atoms with Crippen LogP contribution in [0.15, 0.2) is 4.99 Å². The van der Waals surface area contributed by atoms with Gasteiger partial charge < -0.3 is 10.8 Å². The fraction of sp³-hybridized carbons (Fsp3) is 0.625. The van der Waals surface area contributed by atoms with Crippen LogP contribution in [0.4, 0.5) is 0 Å². The number of nitrogens with two attached hydrogens (primary N) is 1. The minimum atomic E-state index is -1.03. The molecule has 0 spiro atoms. The van der Waals surface area contributed by atoms with E-state index in [0.29, 0.717) is 12.8 Å². The Morgan fingerprint density at radius 1 is 1.80 bits per heavy atom. The number of hydrogen-bond acceptors (Lipinski definition) is 4. The van der Waals surface area contributed by atoms with Crippen molar-refractivity contribution in [1.82, 2.24) is 5.06 Å². The highest BCUT2D eigenvalue weighted by molar-refractivity contribution is 5.84. The standard InChI is InChI=1S/C8H16N4O3/c1-12(15-2)8(10)11-5-3-4-6(9)7(13)14/h5-6,10H,3-4,9H2,1-2H3,(H,13,14)/b10-8?,11-5+/t6-/m0/s1. The second-order valence-electron chi connectivity index (χ2n) is 2.84. The minimum Gasteiger partial charge on any atom is -0.480 e. The van der Waals surface area contributed by atoms with E-state index in [1.165, 1.54) is 18.4 Å². The van der Waals surface area contributed by atoms with Crippen LogP contribution in [0.5, 0.6) is 0 Å². The average Bonchev–Trinajstić information content (AvgIpc) is 2.22. The molecule has 0 aromatic carbocycles.